The Morgan fingerprint density at radius 3 is 2.00 bits per heavy atom. The zero-order valence-corrected chi connectivity index (χ0v) is 19.3. The number of methoxy groups -OCH3 is 2. The van der Waals surface area contributed by atoms with Gasteiger partial charge in [-0.15, -0.1) is 0 Å². The Bertz CT molecular complexity index is 1340. The van der Waals surface area contributed by atoms with Gasteiger partial charge in [-0.25, -0.2) is 13.1 Å². The summed E-state index contributed by atoms with van der Waals surface area (Å²) in [7, 11) is -0.115. The van der Waals surface area contributed by atoms with Crippen molar-refractivity contribution in [2.75, 3.05) is 20.5 Å². The summed E-state index contributed by atoms with van der Waals surface area (Å²) >= 11 is 6.05. The van der Waals surface area contributed by atoms with Gasteiger partial charge in [0.15, 0.2) is 9.84 Å². The maximum absolute atomic E-state index is 11.9. The number of aromatic nitrogens is 2. The minimum absolute atomic E-state index is 0.239. The number of halogens is 1. The molecule has 0 aliphatic heterocycles. The summed E-state index contributed by atoms with van der Waals surface area (Å²) in [6.45, 7) is 0. The van der Waals surface area contributed by atoms with Gasteiger partial charge in [0.2, 0.25) is 0 Å². The molecule has 1 heterocycles. The number of hydrogen-bond donors (Lipinski definition) is 0. The molecule has 0 fully saturated rings. The molecule has 0 aliphatic carbocycles. The quantitative estimate of drug-likeness (QED) is 0.385. The summed E-state index contributed by atoms with van der Waals surface area (Å²) in [4.78, 5) is 0.239. The minimum Gasteiger partial charge on any atom is -0.496 e. The van der Waals surface area contributed by atoms with Gasteiger partial charge in [-0.3, -0.25) is 0 Å². The van der Waals surface area contributed by atoms with Crippen molar-refractivity contribution in [2.24, 2.45) is 0 Å². The molecule has 3 aromatic carbocycles. The lowest BCUT2D eigenvalue weighted by atomic mass is 10.1. The van der Waals surface area contributed by atoms with Crippen molar-refractivity contribution in [1.82, 2.24) is 9.78 Å². The van der Waals surface area contributed by atoms with E-state index < -0.39 is 9.84 Å². The van der Waals surface area contributed by atoms with E-state index in [1.165, 1.54) is 6.26 Å². The molecule has 0 saturated carbocycles. The molecule has 6 nitrogen and oxygen atoms in total. The third kappa shape index (κ3) is 4.22. The fourth-order valence-corrected chi connectivity index (χ4v) is 4.21. The molecule has 0 spiro atoms. The number of rotatable bonds is 6. The van der Waals surface area contributed by atoms with Crippen LogP contribution in [0.2, 0.25) is 5.02 Å². The van der Waals surface area contributed by atoms with E-state index in [0.717, 1.165) is 22.5 Å². The van der Waals surface area contributed by atoms with Crippen LogP contribution in [0.5, 0.6) is 11.5 Å². The Morgan fingerprint density at radius 1 is 0.875 bits per heavy atom. The minimum atomic E-state index is -3.31. The van der Waals surface area contributed by atoms with Gasteiger partial charge in [0.25, 0.3) is 0 Å². The van der Waals surface area contributed by atoms with Crippen LogP contribution in [0.3, 0.4) is 0 Å². The third-order valence-corrected chi connectivity index (χ3v) is 6.42. The lowest BCUT2D eigenvalue weighted by Crippen LogP contribution is -2.03. The molecule has 0 bridgehead atoms. The molecule has 8 heteroatoms. The zero-order valence-electron chi connectivity index (χ0n) is 17.7. The number of nitrogens with zero attached hydrogens (tertiary/aromatic N) is 2. The highest BCUT2D eigenvalue weighted by molar-refractivity contribution is 7.90. The first-order chi connectivity index (χ1) is 15.3. The second-order valence-corrected chi connectivity index (χ2v) is 9.59. The van der Waals surface area contributed by atoms with E-state index in [9.17, 15) is 8.42 Å². The van der Waals surface area contributed by atoms with Crippen LogP contribution in [0.1, 0.15) is 0 Å². The van der Waals surface area contributed by atoms with Crippen molar-refractivity contribution >= 4 is 21.4 Å². The highest BCUT2D eigenvalue weighted by Gasteiger charge is 2.20. The number of sulfone groups is 1. The molecule has 0 saturated heterocycles. The summed E-state index contributed by atoms with van der Waals surface area (Å²) in [5, 5.41) is 5.45. The molecule has 0 aliphatic rings. The smallest absolute Gasteiger partial charge is 0.175 e. The predicted molar refractivity (Wildman–Crippen MR) is 126 cm³/mol. The van der Waals surface area contributed by atoms with Crippen LogP contribution in [0.25, 0.3) is 28.2 Å². The largest absolute Gasteiger partial charge is 0.496 e. The zero-order chi connectivity index (χ0) is 22.9. The molecule has 0 radical (unpaired) electrons. The molecule has 1 aromatic heterocycles. The molecule has 0 N–H and O–H groups in total. The number of hydrogen-bond acceptors (Lipinski definition) is 5. The molecule has 4 aromatic rings. The SMILES string of the molecule is COc1cccc(OC)c1-c1cc(-c2ccc(Cl)cc2)nn1-c1ccc(S(C)(=O)=O)cc1. The summed E-state index contributed by atoms with van der Waals surface area (Å²) in [6, 6.07) is 21.5. The molecule has 0 amide bonds. The van der Waals surface area contributed by atoms with Gasteiger partial charge in [-0.05, 0) is 54.6 Å². The lowest BCUT2D eigenvalue weighted by Gasteiger charge is -2.14. The Labute approximate surface area is 191 Å². The first-order valence-corrected chi connectivity index (χ1v) is 12.0. The summed E-state index contributed by atoms with van der Waals surface area (Å²) < 4.78 is 36.7. The van der Waals surface area contributed by atoms with Crippen molar-refractivity contribution in [3.05, 3.63) is 77.8 Å². The average molecular weight is 469 g/mol. The summed E-state index contributed by atoms with van der Waals surface area (Å²) in [6.07, 6.45) is 1.18. The Hall–Kier alpha value is -3.29. The predicted octanol–water partition coefficient (Wildman–Crippen LogP) is 5.28. The molecule has 4 rings (SSSR count). The second kappa shape index (κ2) is 8.68. The fraction of sp³-hybridized carbons (Fsp3) is 0.125. The van der Waals surface area contributed by atoms with Crippen LogP contribution >= 0.6 is 11.6 Å². The van der Waals surface area contributed by atoms with E-state index in [4.69, 9.17) is 26.2 Å². The van der Waals surface area contributed by atoms with Crippen molar-refractivity contribution in [2.45, 2.75) is 4.90 Å². The van der Waals surface area contributed by atoms with E-state index >= 15 is 0 Å². The van der Waals surface area contributed by atoms with Crippen molar-refractivity contribution in [3.63, 3.8) is 0 Å². The van der Waals surface area contributed by atoms with Crippen LogP contribution in [-0.2, 0) is 9.84 Å². The topological polar surface area (TPSA) is 70.4 Å². The van der Waals surface area contributed by atoms with E-state index in [-0.39, 0.29) is 4.90 Å². The number of ether oxygens (including phenoxy) is 2. The van der Waals surface area contributed by atoms with Crippen LogP contribution in [0.15, 0.2) is 77.7 Å². The highest BCUT2D eigenvalue weighted by Crippen LogP contribution is 2.40. The average Bonchev–Trinajstić information content (AvgIpc) is 3.23. The van der Waals surface area contributed by atoms with E-state index in [1.807, 2.05) is 36.4 Å². The van der Waals surface area contributed by atoms with Crippen molar-refractivity contribution in [1.29, 1.82) is 0 Å². The van der Waals surface area contributed by atoms with Gasteiger partial charge in [-0.2, -0.15) is 5.10 Å². The third-order valence-electron chi connectivity index (χ3n) is 5.04. The standard InChI is InChI=1S/C24H21ClN2O4S/c1-30-22-5-4-6-23(31-2)24(22)21-15-20(16-7-9-17(25)10-8-16)26-27(21)18-11-13-19(14-12-18)32(3,28)29/h4-15H,1-3H3. The Kier molecular flexibility index (Phi) is 5.95. The van der Waals surface area contributed by atoms with Crippen molar-refractivity contribution in [3.8, 4) is 39.7 Å². The monoisotopic (exact) mass is 468 g/mol. The van der Waals surface area contributed by atoms with Gasteiger partial charge >= 0.3 is 0 Å². The van der Waals surface area contributed by atoms with E-state index in [2.05, 4.69) is 0 Å². The van der Waals surface area contributed by atoms with Gasteiger partial charge in [0, 0.05) is 16.8 Å². The van der Waals surface area contributed by atoms with Gasteiger partial charge in [-0.1, -0.05) is 29.8 Å². The first-order valence-electron chi connectivity index (χ1n) is 9.69. The molecule has 0 atom stereocenters. The van der Waals surface area contributed by atoms with Crippen LogP contribution in [0.4, 0.5) is 0 Å². The molecular formula is C24H21ClN2O4S. The second-order valence-electron chi connectivity index (χ2n) is 7.14. The van der Waals surface area contributed by atoms with Gasteiger partial charge < -0.3 is 9.47 Å². The van der Waals surface area contributed by atoms with Gasteiger partial charge in [0.1, 0.15) is 11.5 Å². The number of benzene rings is 3. The molecule has 0 unspecified atom stereocenters. The summed E-state index contributed by atoms with van der Waals surface area (Å²) in [5.41, 5.74) is 3.77. The van der Waals surface area contributed by atoms with Crippen LogP contribution in [-0.4, -0.2) is 38.7 Å². The highest BCUT2D eigenvalue weighted by atomic mass is 35.5. The Morgan fingerprint density at radius 2 is 1.47 bits per heavy atom. The maximum Gasteiger partial charge on any atom is 0.175 e. The van der Waals surface area contributed by atoms with E-state index in [0.29, 0.717) is 22.2 Å². The van der Waals surface area contributed by atoms with Gasteiger partial charge in [0.05, 0.1) is 41.8 Å². The molecule has 164 valence electrons. The lowest BCUT2D eigenvalue weighted by molar-refractivity contribution is 0.397. The van der Waals surface area contributed by atoms with Crippen molar-refractivity contribution < 1.29 is 17.9 Å². The van der Waals surface area contributed by atoms with Crippen LogP contribution in [0, 0.1) is 0 Å². The normalized spacial score (nSPS) is 11.4. The Balaban J connectivity index is 1.96. The van der Waals surface area contributed by atoms with E-state index in [1.54, 1.807) is 55.3 Å². The molecular weight excluding hydrogens is 448 g/mol. The maximum atomic E-state index is 11.9. The fourth-order valence-electron chi connectivity index (χ4n) is 3.46. The van der Waals surface area contributed by atoms with Crippen LogP contribution < -0.4 is 9.47 Å². The first kappa shape index (κ1) is 21.9. The molecule has 32 heavy (non-hydrogen) atoms. The summed E-state index contributed by atoms with van der Waals surface area (Å²) in [5.74, 6) is 1.25.